The molecule has 168 valence electrons. The number of carbonyl (C=O) groups excluding carboxylic acids is 2. The summed E-state index contributed by atoms with van der Waals surface area (Å²) in [5.74, 6) is -0.823. The maximum atomic E-state index is 13.3. The Balaban J connectivity index is 2.38. The molecule has 0 saturated carbocycles. The molecule has 2 rings (SSSR count). The fourth-order valence-corrected chi connectivity index (χ4v) is 4.19. The number of nitrogens with zero attached hydrogens (tertiary/aromatic N) is 2. The van der Waals surface area contributed by atoms with Crippen LogP contribution in [0.4, 0.5) is 5.69 Å². The molecule has 1 N–H and O–H groups in total. The van der Waals surface area contributed by atoms with Crippen molar-refractivity contribution in [2.24, 2.45) is 0 Å². The monoisotopic (exact) mass is 465 g/mol. The van der Waals surface area contributed by atoms with E-state index in [1.54, 1.807) is 32.0 Å². The van der Waals surface area contributed by atoms with Crippen LogP contribution in [0.2, 0.25) is 5.02 Å². The minimum Gasteiger partial charge on any atom is -0.355 e. The number of nitrogens with one attached hydrogen (secondary N) is 1. The van der Waals surface area contributed by atoms with Crippen LogP contribution in [0, 0.1) is 6.92 Å². The first-order valence-corrected chi connectivity index (χ1v) is 12.1. The van der Waals surface area contributed by atoms with Crippen LogP contribution in [-0.2, 0) is 26.2 Å². The molecule has 9 heteroatoms. The van der Waals surface area contributed by atoms with Gasteiger partial charge in [0.1, 0.15) is 12.6 Å². The van der Waals surface area contributed by atoms with E-state index in [0.29, 0.717) is 6.54 Å². The third kappa shape index (κ3) is 6.70. The Morgan fingerprint density at radius 1 is 1.10 bits per heavy atom. The maximum Gasteiger partial charge on any atom is 0.244 e. The van der Waals surface area contributed by atoms with Gasteiger partial charge >= 0.3 is 0 Å². The quantitative estimate of drug-likeness (QED) is 0.616. The molecule has 0 aromatic heterocycles. The number of hydrogen-bond donors (Lipinski definition) is 1. The van der Waals surface area contributed by atoms with Crippen molar-refractivity contribution in [3.05, 3.63) is 64.7 Å². The van der Waals surface area contributed by atoms with Crippen LogP contribution >= 0.6 is 11.6 Å². The Bertz CT molecular complexity index is 1030. The van der Waals surface area contributed by atoms with Gasteiger partial charge in [-0.3, -0.25) is 13.9 Å². The normalized spacial score (nSPS) is 12.2. The van der Waals surface area contributed by atoms with Gasteiger partial charge in [-0.15, -0.1) is 0 Å². The van der Waals surface area contributed by atoms with E-state index in [1.807, 2.05) is 31.2 Å². The first-order valence-electron chi connectivity index (χ1n) is 9.89. The summed E-state index contributed by atoms with van der Waals surface area (Å²) in [5, 5.41) is 2.92. The number of halogens is 1. The topological polar surface area (TPSA) is 86.8 Å². The molecule has 0 radical (unpaired) electrons. The first kappa shape index (κ1) is 24.7. The Labute approximate surface area is 189 Å². The molecule has 31 heavy (non-hydrogen) atoms. The Kier molecular flexibility index (Phi) is 8.47. The second-order valence-corrected chi connectivity index (χ2v) is 9.61. The summed E-state index contributed by atoms with van der Waals surface area (Å²) in [6.45, 7) is 5.48. The molecule has 0 aliphatic carbocycles. The predicted molar refractivity (Wildman–Crippen MR) is 124 cm³/mol. The van der Waals surface area contributed by atoms with E-state index >= 15 is 0 Å². The van der Waals surface area contributed by atoms with Gasteiger partial charge < -0.3 is 10.2 Å². The van der Waals surface area contributed by atoms with Gasteiger partial charge in [0.15, 0.2) is 0 Å². The number of sulfonamides is 1. The number of aryl methyl sites for hydroxylation is 1. The van der Waals surface area contributed by atoms with E-state index in [4.69, 9.17) is 11.6 Å². The van der Waals surface area contributed by atoms with Crippen molar-refractivity contribution >= 4 is 39.1 Å². The summed E-state index contributed by atoms with van der Waals surface area (Å²) in [6, 6.07) is 13.2. The number of anilines is 1. The fourth-order valence-electron chi connectivity index (χ4n) is 3.04. The Morgan fingerprint density at radius 3 is 2.26 bits per heavy atom. The lowest BCUT2D eigenvalue weighted by Crippen LogP contribution is -2.51. The summed E-state index contributed by atoms with van der Waals surface area (Å²) >= 11 is 6.19. The lowest BCUT2D eigenvalue weighted by Gasteiger charge is -2.31. The fraction of sp³-hybridized carbons (Fsp3) is 0.364. The van der Waals surface area contributed by atoms with Crippen LogP contribution in [-0.4, -0.2) is 50.5 Å². The molecule has 2 aromatic rings. The van der Waals surface area contributed by atoms with Gasteiger partial charge in [-0.2, -0.15) is 0 Å². The molecule has 0 aliphatic heterocycles. The smallest absolute Gasteiger partial charge is 0.244 e. The molecule has 0 spiro atoms. The molecule has 0 fully saturated rings. The highest BCUT2D eigenvalue weighted by Gasteiger charge is 2.30. The lowest BCUT2D eigenvalue weighted by atomic mass is 10.1. The zero-order valence-corrected chi connectivity index (χ0v) is 19.7. The molecule has 1 atom stereocenters. The number of amides is 2. The minimum absolute atomic E-state index is 0.164. The molecular weight excluding hydrogens is 438 g/mol. The second kappa shape index (κ2) is 10.6. The average molecular weight is 466 g/mol. The van der Waals surface area contributed by atoms with Crippen molar-refractivity contribution in [2.75, 3.05) is 23.7 Å². The van der Waals surface area contributed by atoms with Crippen LogP contribution in [0.5, 0.6) is 0 Å². The molecule has 1 unspecified atom stereocenters. The van der Waals surface area contributed by atoms with Gasteiger partial charge in [-0.05, 0) is 38.5 Å². The number of carbonyl (C=O) groups is 2. The largest absolute Gasteiger partial charge is 0.355 e. The van der Waals surface area contributed by atoms with E-state index in [2.05, 4.69) is 5.32 Å². The van der Waals surface area contributed by atoms with Gasteiger partial charge in [0, 0.05) is 13.1 Å². The summed E-state index contributed by atoms with van der Waals surface area (Å²) in [4.78, 5) is 27.2. The summed E-state index contributed by atoms with van der Waals surface area (Å²) < 4.78 is 25.9. The highest BCUT2D eigenvalue weighted by molar-refractivity contribution is 7.92. The van der Waals surface area contributed by atoms with Crippen molar-refractivity contribution < 1.29 is 18.0 Å². The zero-order chi connectivity index (χ0) is 23.2. The molecule has 0 saturated heterocycles. The van der Waals surface area contributed by atoms with E-state index in [1.165, 1.54) is 11.0 Å². The van der Waals surface area contributed by atoms with Crippen LogP contribution in [0.1, 0.15) is 25.0 Å². The summed E-state index contributed by atoms with van der Waals surface area (Å²) in [6.07, 6.45) is 1.02. The Morgan fingerprint density at radius 2 is 1.71 bits per heavy atom. The van der Waals surface area contributed by atoms with E-state index in [0.717, 1.165) is 21.7 Å². The van der Waals surface area contributed by atoms with Gasteiger partial charge in [-0.25, -0.2) is 8.42 Å². The predicted octanol–water partition coefficient (Wildman–Crippen LogP) is 2.97. The standard InChI is InChI=1S/C22H28ClN3O4S/c1-5-24-22(28)17(3)25(14-18-12-10-16(2)11-13-18)21(27)15-26(31(4,29)30)20-9-7-6-8-19(20)23/h6-13,17H,5,14-15H2,1-4H3,(H,24,28). The number of rotatable bonds is 9. The van der Waals surface area contributed by atoms with Gasteiger partial charge in [-0.1, -0.05) is 53.6 Å². The highest BCUT2D eigenvalue weighted by atomic mass is 35.5. The molecule has 0 heterocycles. The third-order valence-corrected chi connectivity index (χ3v) is 6.24. The van der Waals surface area contributed by atoms with Crippen molar-refractivity contribution in [3.63, 3.8) is 0 Å². The second-order valence-electron chi connectivity index (χ2n) is 7.30. The van der Waals surface area contributed by atoms with Gasteiger partial charge in [0.2, 0.25) is 21.8 Å². The van der Waals surface area contributed by atoms with E-state index in [-0.39, 0.29) is 23.2 Å². The van der Waals surface area contributed by atoms with E-state index in [9.17, 15) is 18.0 Å². The number of benzene rings is 2. The molecular formula is C22H28ClN3O4S. The average Bonchev–Trinajstić information content (AvgIpc) is 2.71. The molecule has 0 bridgehead atoms. The van der Waals surface area contributed by atoms with Crippen LogP contribution < -0.4 is 9.62 Å². The number of para-hydroxylation sites is 1. The van der Waals surface area contributed by atoms with Gasteiger partial charge in [0.05, 0.1) is 17.0 Å². The van der Waals surface area contributed by atoms with Crippen LogP contribution in [0.15, 0.2) is 48.5 Å². The lowest BCUT2D eigenvalue weighted by molar-refractivity contribution is -0.139. The number of hydrogen-bond acceptors (Lipinski definition) is 4. The first-order chi connectivity index (χ1) is 14.5. The third-order valence-electron chi connectivity index (χ3n) is 4.79. The van der Waals surface area contributed by atoms with E-state index < -0.39 is 28.5 Å². The molecule has 0 aliphatic rings. The molecule has 2 aromatic carbocycles. The van der Waals surface area contributed by atoms with Crippen molar-refractivity contribution in [1.82, 2.24) is 10.2 Å². The summed E-state index contributed by atoms with van der Waals surface area (Å²) in [7, 11) is -3.80. The Hall–Kier alpha value is -2.58. The highest BCUT2D eigenvalue weighted by Crippen LogP contribution is 2.27. The summed E-state index contributed by atoms with van der Waals surface area (Å²) in [5.41, 5.74) is 2.11. The maximum absolute atomic E-state index is 13.3. The molecule has 2 amide bonds. The van der Waals surface area contributed by atoms with Crippen molar-refractivity contribution in [3.8, 4) is 0 Å². The van der Waals surface area contributed by atoms with Crippen molar-refractivity contribution in [2.45, 2.75) is 33.4 Å². The van der Waals surface area contributed by atoms with Crippen molar-refractivity contribution in [1.29, 1.82) is 0 Å². The zero-order valence-electron chi connectivity index (χ0n) is 18.1. The van der Waals surface area contributed by atoms with Crippen LogP contribution in [0.3, 0.4) is 0 Å². The minimum atomic E-state index is -3.80. The molecule has 7 nitrogen and oxygen atoms in total. The van der Waals surface area contributed by atoms with Crippen LogP contribution in [0.25, 0.3) is 0 Å². The van der Waals surface area contributed by atoms with Gasteiger partial charge in [0.25, 0.3) is 0 Å². The number of likely N-dealkylation sites (N-methyl/N-ethyl adjacent to an activating group) is 1. The SMILES string of the molecule is CCNC(=O)C(C)N(Cc1ccc(C)cc1)C(=O)CN(c1ccccc1Cl)S(C)(=O)=O.